The van der Waals surface area contributed by atoms with Gasteiger partial charge in [-0.2, -0.15) is 5.10 Å². The highest BCUT2D eigenvalue weighted by Crippen LogP contribution is 2.17. The Balaban J connectivity index is 1.82. The lowest BCUT2D eigenvalue weighted by molar-refractivity contribution is 0.0600. The molecule has 0 radical (unpaired) electrons. The van der Waals surface area contributed by atoms with Crippen molar-refractivity contribution in [3.8, 4) is 11.3 Å². The van der Waals surface area contributed by atoms with Crippen molar-refractivity contribution in [1.82, 2.24) is 9.78 Å². The summed E-state index contributed by atoms with van der Waals surface area (Å²) in [7, 11) is 1.32. The van der Waals surface area contributed by atoms with Crippen LogP contribution in [-0.4, -0.2) is 35.6 Å². The van der Waals surface area contributed by atoms with Crippen molar-refractivity contribution >= 4 is 17.7 Å². The van der Waals surface area contributed by atoms with Crippen LogP contribution in [0.4, 0.5) is 10.5 Å². The van der Waals surface area contributed by atoms with Gasteiger partial charge in [-0.3, -0.25) is 10.1 Å². The molecule has 2 aromatic carbocycles. The lowest BCUT2D eigenvalue weighted by Crippen LogP contribution is -2.23. The van der Waals surface area contributed by atoms with Crippen molar-refractivity contribution in [2.75, 3.05) is 19.0 Å². The number of rotatable bonds is 6. The molecule has 8 heteroatoms. The van der Waals surface area contributed by atoms with E-state index in [1.807, 2.05) is 6.07 Å². The summed E-state index contributed by atoms with van der Waals surface area (Å²) in [6, 6.07) is 16.9. The molecule has 0 aliphatic carbocycles. The van der Waals surface area contributed by atoms with Gasteiger partial charge in [0, 0.05) is 17.3 Å². The number of esters is 1. The quantitative estimate of drug-likeness (QED) is 0.630. The molecule has 1 N–H and O–H groups in total. The van der Waals surface area contributed by atoms with Gasteiger partial charge in [-0.1, -0.05) is 24.3 Å². The molecular formula is C22H21N3O5. The predicted octanol–water partition coefficient (Wildman–Crippen LogP) is 3.31. The number of anilines is 1. The van der Waals surface area contributed by atoms with E-state index in [-0.39, 0.29) is 18.7 Å². The molecule has 0 spiro atoms. The van der Waals surface area contributed by atoms with E-state index in [0.717, 1.165) is 11.1 Å². The summed E-state index contributed by atoms with van der Waals surface area (Å²) in [4.78, 5) is 35.5. The third-order valence-electron chi connectivity index (χ3n) is 4.25. The lowest BCUT2D eigenvalue weighted by Gasteiger charge is -2.10. The second-order valence-electron chi connectivity index (χ2n) is 6.33. The van der Waals surface area contributed by atoms with E-state index in [1.165, 1.54) is 17.9 Å². The minimum Gasteiger partial charge on any atom is -0.465 e. The van der Waals surface area contributed by atoms with Crippen LogP contribution in [0.25, 0.3) is 11.3 Å². The Kier molecular flexibility index (Phi) is 6.59. The molecule has 0 saturated carbocycles. The van der Waals surface area contributed by atoms with Crippen LogP contribution in [0.2, 0.25) is 0 Å². The molecule has 3 aromatic rings. The molecule has 154 valence electrons. The second-order valence-corrected chi connectivity index (χ2v) is 6.33. The number of ether oxygens (including phenoxy) is 2. The maximum absolute atomic E-state index is 12.3. The van der Waals surface area contributed by atoms with E-state index in [9.17, 15) is 14.4 Å². The van der Waals surface area contributed by atoms with Crippen molar-refractivity contribution < 1.29 is 19.1 Å². The van der Waals surface area contributed by atoms with Crippen LogP contribution in [0.15, 0.2) is 65.5 Å². The summed E-state index contributed by atoms with van der Waals surface area (Å²) in [5, 5.41) is 7.06. The third kappa shape index (κ3) is 5.11. The van der Waals surface area contributed by atoms with Crippen LogP contribution in [0.3, 0.4) is 0 Å². The second kappa shape index (κ2) is 9.51. The molecular weight excluding hydrogens is 386 g/mol. The van der Waals surface area contributed by atoms with E-state index in [2.05, 4.69) is 10.4 Å². The van der Waals surface area contributed by atoms with Gasteiger partial charge >= 0.3 is 12.1 Å². The van der Waals surface area contributed by atoms with Gasteiger partial charge in [-0.15, -0.1) is 0 Å². The highest BCUT2D eigenvalue weighted by atomic mass is 16.5. The zero-order valence-electron chi connectivity index (χ0n) is 16.6. The van der Waals surface area contributed by atoms with Crippen molar-refractivity contribution in [1.29, 1.82) is 0 Å². The van der Waals surface area contributed by atoms with Crippen molar-refractivity contribution in [3.63, 3.8) is 0 Å². The topological polar surface area (TPSA) is 99.5 Å². The first-order chi connectivity index (χ1) is 14.5. The number of carbonyl (C=O) groups is 2. The van der Waals surface area contributed by atoms with Crippen LogP contribution in [0.1, 0.15) is 22.8 Å². The van der Waals surface area contributed by atoms with E-state index in [1.54, 1.807) is 55.5 Å². The monoisotopic (exact) mass is 407 g/mol. The van der Waals surface area contributed by atoms with E-state index in [4.69, 9.17) is 9.47 Å². The van der Waals surface area contributed by atoms with Gasteiger partial charge in [0.05, 0.1) is 31.5 Å². The first-order valence-corrected chi connectivity index (χ1v) is 9.30. The number of methoxy groups -OCH3 is 1. The fourth-order valence-corrected chi connectivity index (χ4v) is 2.82. The number of aromatic nitrogens is 2. The summed E-state index contributed by atoms with van der Waals surface area (Å²) >= 11 is 0. The van der Waals surface area contributed by atoms with Gasteiger partial charge in [0.1, 0.15) is 0 Å². The Morgan fingerprint density at radius 2 is 1.83 bits per heavy atom. The van der Waals surface area contributed by atoms with Gasteiger partial charge < -0.3 is 9.47 Å². The molecule has 0 unspecified atom stereocenters. The molecule has 30 heavy (non-hydrogen) atoms. The normalized spacial score (nSPS) is 10.3. The summed E-state index contributed by atoms with van der Waals surface area (Å²) in [6.07, 6.45) is -0.539. The Morgan fingerprint density at radius 1 is 1.07 bits per heavy atom. The standard InChI is InChI=1S/C22H21N3O5/c1-3-30-22(28)23-18-6-4-5-15(13-18)14-25-20(26)12-11-19(24-25)16-7-9-17(10-8-16)21(27)29-2/h4-13H,3,14H2,1-2H3,(H,23,28). The zero-order valence-corrected chi connectivity index (χ0v) is 16.6. The molecule has 1 amide bonds. The number of hydrogen-bond acceptors (Lipinski definition) is 6. The van der Waals surface area contributed by atoms with Gasteiger partial charge in [0.25, 0.3) is 5.56 Å². The minimum absolute atomic E-state index is 0.227. The van der Waals surface area contributed by atoms with Gasteiger partial charge in [0.2, 0.25) is 0 Å². The van der Waals surface area contributed by atoms with Crippen LogP contribution < -0.4 is 10.9 Å². The van der Waals surface area contributed by atoms with Gasteiger partial charge in [-0.25, -0.2) is 14.3 Å². The maximum Gasteiger partial charge on any atom is 0.411 e. The molecule has 0 aliphatic heterocycles. The van der Waals surface area contributed by atoms with Crippen LogP contribution in [0, 0.1) is 0 Å². The highest BCUT2D eigenvalue weighted by molar-refractivity contribution is 5.89. The third-order valence-corrected chi connectivity index (χ3v) is 4.25. The molecule has 3 rings (SSSR count). The first-order valence-electron chi connectivity index (χ1n) is 9.30. The number of hydrogen-bond donors (Lipinski definition) is 1. The molecule has 0 bridgehead atoms. The molecule has 0 atom stereocenters. The Hall–Kier alpha value is -3.94. The average Bonchev–Trinajstić information content (AvgIpc) is 2.75. The molecule has 1 heterocycles. The van der Waals surface area contributed by atoms with E-state index in [0.29, 0.717) is 16.9 Å². The first kappa shape index (κ1) is 20.8. The molecule has 0 fully saturated rings. The van der Waals surface area contributed by atoms with Crippen LogP contribution in [0.5, 0.6) is 0 Å². The fourth-order valence-electron chi connectivity index (χ4n) is 2.82. The highest BCUT2D eigenvalue weighted by Gasteiger charge is 2.09. The van der Waals surface area contributed by atoms with E-state index < -0.39 is 12.1 Å². The van der Waals surface area contributed by atoms with Crippen molar-refractivity contribution in [3.05, 3.63) is 82.1 Å². The number of nitrogens with zero attached hydrogens (tertiary/aromatic N) is 2. The minimum atomic E-state index is -0.539. The molecule has 0 saturated heterocycles. The molecule has 8 nitrogen and oxygen atoms in total. The summed E-state index contributed by atoms with van der Waals surface area (Å²) < 4.78 is 10.9. The predicted molar refractivity (Wildman–Crippen MR) is 111 cm³/mol. The Labute approximate surface area is 173 Å². The van der Waals surface area contributed by atoms with Crippen LogP contribution in [-0.2, 0) is 16.0 Å². The summed E-state index contributed by atoms with van der Waals surface area (Å²) in [5.74, 6) is -0.421. The van der Waals surface area contributed by atoms with Gasteiger partial charge in [0.15, 0.2) is 0 Å². The van der Waals surface area contributed by atoms with Crippen molar-refractivity contribution in [2.24, 2.45) is 0 Å². The zero-order chi connectivity index (χ0) is 21.5. The molecule has 0 aliphatic rings. The number of amides is 1. The number of nitrogens with one attached hydrogen (secondary N) is 1. The van der Waals surface area contributed by atoms with Crippen LogP contribution >= 0.6 is 0 Å². The summed E-state index contributed by atoms with van der Waals surface area (Å²) in [5.41, 5.74) is 2.88. The lowest BCUT2D eigenvalue weighted by atomic mass is 10.1. The smallest absolute Gasteiger partial charge is 0.411 e. The number of benzene rings is 2. The summed E-state index contributed by atoms with van der Waals surface area (Å²) in [6.45, 7) is 2.23. The van der Waals surface area contributed by atoms with Gasteiger partial charge in [-0.05, 0) is 42.8 Å². The SMILES string of the molecule is CCOC(=O)Nc1cccc(Cn2nc(-c3ccc(C(=O)OC)cc3)ccc2=O)c1. The maximum atomic E-state index is 12.3. The van der Waals surface area contributed by atoms with E-state index >= 15 is 0 Å². The number of carbonyl (C=O) groups excluding carboxylic acids is 2. The average molecular weight is 407 g/mol. The Bertz CT molecular complexity index is 1110. The van der Waals surface area contributed by atoms with Crippen molar-refractivity contribution in [2.45, 2.75) is 13.5 Å². The Morgan fingerprint density at radius 3 is 2.53 bits per heavy atom. The largest absolute Gasteiger partial charge is 0.465 e. The fraction of sp³-hybridized carbons (Fsp3) is 0.182. The molecule has 1 aromatic heterocycles.